The van der Waals surface area contributed by atoms with E-state index in [-0.39, 0.29) is 12.5 Å². The van der Waals surface area contributed by atoms with Crippen LogP contribution >= 0.6 is 0 Å². The molecule has 0 saturated carbocycles. The molecule has 0 aliphatic carbocycles. The summed E-state index contributed by atoms with van der Waals surface area (Å²) in [5.41, 5.74) is 2.12. The average Bonchev–Trinajstić information content (AvgIpc) is 2.66. The zero-order valence-electron chi connectivity index (χ0n) is 15.5. The van der Waals surface area contributed by atoms with Gasteiger partial charge < -0.3 is 14.8 Å². The molecule has 1 atom stereocenters. The minimum absolute atomic E-state index is 0.308. The predicted octanol–water partition coefficient (Wildman–Crippen LogP) is 4.39. The highest BCUT2D eigenvalue weighted by Gasteiger charge is 2.16. The van der Waals surface area contributed by atoms with Crippen molar-refractivity contribution in [2.24, 2.45) is 0 Å². The first-order chi connectivity index (χ1) is 12.6. The third-order valence-corrected chi connectivity index (χ3v) is 4.12. The number of esters is 1. The largest absolute Gasteiger partial charge is 0.493 e. The van der Waals surface area contributed by atoms with Crippen molar-refractivity contribution in [3.63, 3.8) is 0 Å². The molecule has 26 heavy (non-hydrogen) atoms. The average molecular weight is 355 g/mol. The van der Waals surface area contributed by atoms with Crippen molar-refractivity contribution in [3.8, 4) is 5.75 Å². The zero-order chi connectivity index (χ0) is 18.9. The maximum Gasteiger partial charge on any atom is 0.342 e. The SMILES string of the molecule is CCOc1ccccc1C(=O)OCC(=O)Nc1ccccc1[C@H](C)CC. The third kappa shape index (κ3) is 5.09. The van der Waals surface area contributed by atoms with Gasteiger partial charge >= 0.3 is 5.97 Å². The van der Waals surface area contributed by atoms with Crippen LogP contribution in [0.15, 0.2) is 48.5 Å². The molecule has 0 bridgehead atoms. The van der Waals surface area contributed by atoms with Crippen molar-refractivity contribution < 1.29 is 19.1 Å². The molecule has 2 aromatic carbocycles. The first-order valence-corrected chi connectivity index (χ1v) is 8.84. The molecule has 0 spiro atoms. The molecular formula is C21H25NO4. The van der Waals surface area contributed by atoms with Gasteiger partial charge in [-0.3, -0.25) is 4.79 Å². The maximum absolute atomic E-state index is 12.2. The standard InChI is InChI=1S/C21H25NO4/c1-4-15(3)16-10-6-8-12-18(16)22-20(23)14-26-21(24)17-11-7-9-13-19(17)25-5-2/h6-13,15H,4-5,14H2,1-3H3,(H,22,23)/t15-/m1/s1. The van der Waals surface area contributed by atoms with Crippen LogP contribution in [0.4, 0.5) is 5.69 Å². The van der Waals surface area contributed by atoms with Crippen molar-refractivity contribution >= 4 is 17.6 Å². The molecule has 0 fully saturated rings. The lowest BCUT2D eigenvalue weighted by Crippen LogP contribution is -2.22. The molecule has 0 aliphatic heterocycles. The fraction of sp³-hybridized carbons (Fsp3) is 0.333. The first-order valence-electron chi connectivity index (χ1n) is 8.84. The van der Waals surface area contributed by atoms with Crippen molar-refractivity contribution in [1.82, 2.24) is 0 Å². The number of nitrogens with one attached hydrogen (secondary N) is 1. The van der Waals surface area contributed by atoms with Gasteiger partial charge in [0.05, 0.1) is 6.61 Å². The fourth-order valence-corrected chi connectivity index (χ4v) is 2.57. The van der Waals surface area contributed by atoms with Crippen molar-refractivity contribution in [3.05, 3.63) is 59.7 Å². The van der Waals surface area contributed by atoms with Gasteiger partial charge in [0.2, 0.25) is 0 Å². The van der Waals surface area contributed by atoms with Gasteiger partial charge in [0.25, 0.3) is 5.91 Å². The number of amides is 1. The molecule has 5 heteroatoms. The molecule has 2 aromatic rings. The third-order valence-electron chi connectivity index (χ3n) is 4.12. The van der Waals surface area contributed by atoms with Crippen LogP contribution < -0.4 is 10.1 Å². The number of hydrogen-bond donors (Lipinski definition) is 1. The Labute approximate surface area is 154 Å². The smallest absolute Gasteiger partial charge is 0.342 e. The lowest BCUT2D eigenvalue weighted by atomic mass is 9.97. The molecule has 2 rings (SSSR count). The zero-order valence-corrected chi connectivity index (χ0v) is 15.5. The van der Waals surface area contributed by atoms with E-state index in [0.717, 1.165) is 17.7 Å². The second-order valence-corrected chi connectivity index (χ2v) is 5.95. The van der Waals surface area contributed by atoms with E-state index in [0.29, 0.717) is 23.8 Å². The van der Waals surface area contributed by atoms with E-state index in [1.165, 1.54) is 0 Å². The van der Waals surface area contributed by atoms with Gasteiger partial charge in [-0.2, -0.15) is 0 Å². The maximum atomic E-state index is 12.2. The summed E-state index contributed by atoms with van der Waals surface area (Å²) in [6.07, 6.45) is 0.968. The Hall–Kier alpha value is -2.82. The molecule has 0 radical (unpaired) electrons. The van der Waals surface area contributed by atoms with Crippen LogP contribution in [0.1, 0.15) is 49.0 Å². The van der Waals surface area contributed by atoms with Gasteiger partial charge in [-0.15, -0.1) is 0 Å². The molecule has 0 unspecified atom stereocenters. The fourth-order valence-electron chi connectivity index (χ4n) is 2.57. The molecule has 0 aliphatic rings. The summed E-state index contributed by atoms with van der Waals surface area (Å²) in [5, 5.41) is 2.82. The summed E-state index contributed by atoms with van der Waals surface area (Å²) < 4.78 is 10.6. The lowest BCUT2D eigenvalue weighted by Gasteiger charge is -2.15. The highest BCUT2D eigenvalue weighted by atomic mass is 16.5. The Balaban J connectivity index is 1.99. The van der Waals surface area contributed by atoms with Gasteiger partial charge in [-0.05, 0) is 43.0 Å². The van der Waals surface area contributed by atoms with E-state index < -0.39 is 5.97 Å². The summed E-state index contributed by atoms with van der Waals surface area (Å²) in [6, 6.07) is 14.5. The van der Waals surface area contributed by atoms with E-state index in [9.17, 15) is 9.59 Å². The molecule has 138 valence electrons. The van der Waals surface area contributed by atoms with E-state index in [1.807, 2.05) is 31.2 Å². The number of hydrogen-bond acceptors (Lipinski definition) is 4. The highest BCUT2D eigenvalue weighted by molar-refractivity contribution is 5.97. The van der Waals surface area contributed by atoms with Crippen LogP contribution in [0.2, 0.25) is 0 Å². The van der Waals surface area contributed by atoms with E-state index >= 15 is 0 Å². The number of rotatable bonds is 8. The van der Waals surface area contributed by atoms with E-state index in [4.69, 9.17) is 9.47 Å². The normalized spacial score (nSPS) is 11.5. The van der Waals surface area contributed by atoms with Crippen LogP contribution in [0.5, 0.6) is 5.75 Å². The Morgan fingerprint density at radius 1 is 1.04 bits per heavy atom. The topological polar surface area (TPSA) is 64.6 Å². The van der Waals surface area contributed by atoms with Gasteiger partial charge in [0, 0.05) is 5.69 Å². The van der Waals surface area contributed by atoms with Crippen LogP contribution in [0.3, 0.4) is 0 Å². The molecule has 0 saturated heterocycles. The minimum atomic E-state index is -0.584. The second kappa shape index (κ2) is 9.61. The minimum Gasteiger partial charge on any atom is -0.493 e. The Kier molecular flexibility index (Phi) is 7.21. The summed E-state index contributed by atoms with van der Waals surface area (Å²) in [5.74, 6) is -0.183. The quantitative estimate of drug-likeness (QED) is 0.713. The van der Waals surface area contributed by atoms with Gasteiger partial charge in [0.1, 0.15) is 11.3 Å². The van der Waals surface area contributed by atoms with Gasteiger partial charge in [0.15, 0.2) is 6.61 Å². The Morgan fingerprint density at radius 2 is 1.73 bits per heavy atom. The van der Waals surface area contributed by atoms with Crippen molar-refractivity contribution in [2.45, 2.75) is 33.1 Å². The highest BCUT2D eigenvalue weighted by Crippen LogP contribution is 2.26. The summed E-state index contributed by atoms with van der Waals surface area (Å²) in [6.45, 7) is 6.13. The van der Waals surface area contributed by atoms with Crippen LogP contribution in [0.25, 0.3) is 0 Å². The molecule has 1 amide bonds. The van der Waals surface area contributed by atoms with Crippen LogP contribution in [-0.4, -0.2) is 25.1 Å². The number of carbonyl (C=O) groups is 2. The molecule has 0 aromatic heterocycles. The molecule has 1 N–H and O–H groups in total. The van der Waals surface area contributed by atoms with Gasteiger partial charge in [-0.1, -0.05) is 44.2 Å². The van der Waals surface area contributed by atoms with Gasteiger partial charge in [-0.25, -0.2) is 4.79 Å². The second-order valence-electron chi connectivity index (χ2n) is 5.95. The number of para-hydroxylation sites is 2. The van der Waals surface area contributed by atoms with Crippen LogP contribution in [0, 0.1) is 0 Å². The van der Waals surface area contributed by atoms with Crippen molar-refractivity contribution in [1.29, 1.82) is 0 Å². The molecular weight excluding hydrogens is 330 g/mol. The Bertz CT molecular complexity index is 757. The van der Waals surface area contributed by atoms with Crippen LogP contribution in [-0.2, 0) is 9.53 Å². The first kappa shape index (κ1) is 19.5. The summed E-state index contributed by atoms with van der Waals surface area (Å²) in [7, 11) is 0. The molecule has 0 heterocycles. The van der Waals surface area contributed by atoms with E-state index in [1.54, 1.807) is 24.3 Å². The summed E-state index contributed by atoms with van der Waals surface area (Å²) >= 11 is 0. The Morgan fingerprint density at radius 3 is 2.46 bits per heavy atom. The lowest BCUT2D eigenvalue weighted by molar-refractivity contribution is -0.119. The summed E-state index contributed by atoms with van der Waals surface area (Å²) in [4.78, 5) is 24.4. The molecule has 5 nitrogen and oxygen atoms in total. The number of anilines is 1. The number of ether oxygens (including phenoxy) is 2. The number of benzene rings is 2. The number of carbonyl (C=O) groups excluding carboxylic acids is 2. The predicted molar refractivity (Wildman–Crippen MR) is 102 cm³/mol. The van der Waals surface area contributed by atoms with E-state index in [2.05, 4.69) is 19.2 Å². The monoisotopic (exact) mass is 355 g/mol. The van der Waals surface area contributed by atoms with Crippen molar-refractivity contribution in [2.75, 3.05) is 18.5 Å².